The fraction of sp³-hybridized carbons (Fsp3) is 0.667. The minimum atomic E-state index is -0.298. The molecule has 0 aliphatic carbocycles. The molecule has 2 saturated heterocycles. The highest BCUT2D eigenvalue weighted by atomic mass is 16.3. The zero-order valence-corrected chi connectivity index (χ0v) is 16.8. The monoisotopic (exact) mass is 374 g/mol. The average Bonchev–Trinajstić information content (AvgIpc) is 2.65. The van der Waals surface area contributed by atoms with E-state index >= 15 is 0 Å². The molecular formula is C21H34N4O2. The maximum absolute atomic E-state index is 12.7. The summed E-state index contributed by atoms with van der Waals surface area (Å²) in [7, 11) is 0. The molecule has 0 spiro atoms. The molecule has 2 fully saturated rings. The molecule has 1 amide bonds. The van der Waals surface area contributed by atoms with Crippen molar-refractivity contribution >= 4 is 5.91 Å². The molecule has 0 saturated carbocycles. The Morgan fingerprint density at radius 3 is 2.37 bits per heavy atom. The molecule has 1 aromatic carbocycles. The van der Waals surface area contributed by atoms with Gasteiger partial charge in [0, 0.05) is 64.9 Å². The van der Waals surface area contributed by atoms with Gasteiger partial charge in [-0.15, -0.1) is 0 Å². The van der Waals surface area contributed by atoms with Gasteiger partial charge in [-0.1, -0.05) is 30.3 Å². The molecule has 1 aromatic rings. The second-order valence-electron chi connectivity index (χ2n) is 8.07. The van der Waals surface area contributed by atoms with Gasteiger partial charge in [-0.2, -0.15) is 0 Å². The van der Waals surface area contributed by atoms with E-state index in [-0.39, 0.29) is 12.0 Å². The number of carbonyl (C=O) groups excluding carboxylic acids is 1. The smallest absolute Gasteiger partial charge is 0.236 e. The lowest BCUT2D eigenvalue weighted by Gasteiger charge is -2.41. The van der Waals surface area contributed by atoms with Crippen molar-refractivity contribution in [2.45, 2.75) is 32.5 Å². The van der Waals surface area contributed by atoms with Crippen molar-refractivity contribution in [1.82, 2.24) is 19.6 Å². The lowest BCUT2D eigenvalue weighted by Crippen LogP contribution is -2.56. The summed E-state index contributed by atoms with van der Waals surface area (Å²) in [6.45, 7) is 12.5. The number of rotatable bonds is 6. The van der Waals surface area contributed by atoms with E-state index in [1.165, 1.54) is 5.56 Å². The Labute approximate surface area is 163 Å². The molecule has 2 aliphatic rings. The Hall–Kier alpha value is -1.47. The molecule has 2 heterocycles. The van der Waals surface area contributed by atoms with Crippen LogP contribution in [0, 0.1) is 0 Å². The molecule has 6 nitrogen and oxygen atoms in total. The zero-order chi connectivity index (χ0) is 19.2. The van der Waals surface area contributed by atoms with E-state index in [4.69, 9.17) is 0 Å². The van der Waals surface area contributed by atoms with Crippen LogP contribution in [0.5, 0.6) is 0 Å². The summed E-state index contributed by atoms with van der Waals surface area (Å²) in [4.78, 5) is 21.7. The highest BCUT2D eigenvalue weighted by Crippen LogP contribution is 2.12. The predicted molar refractivity (Wildman–Crippen MR) is 107 cm³/mol. The third-order valence-corrected chi connectivity index (χ3v) is 5.68. The lowest BCUT2D eigenvalue weighted by molar-refractivity contribution is -0.135. The van der Waals surface area contributed by atoms with Crippen LogP contribution < -0.4 is 0 Å². The minimum Gasteiger partial charge on any atom is -0.392 e. The van der Waals surface area contributed by atoms with E-state index in [2.05, 4.69) is 45.9 Å². The number of piperazine rings is 2. The number of β-amino-alcohol motifs (C(OH)–C–C–N with tert-alkyl or cyclic N) is 1. The van der Waals surface area contributed by atoms with Crippen LogP contribution in [-0.2, 0) is 11.3 Å². The molecule has 2 atom stereocenters. The molecule has 27 heavy (non-hydrogen) atoms. The van der Waals surface area contributed by atoms with Crippen LogP contribution in [0.15, 0.2) is 30.3 Å². The molecule has 6 heteroatoms. The SMILES string of the molecule is CC(O)CN1CCN(CC(=O)N2CCN(Cc3ccccc3)CC2)CC1C. The van der Waals surface area contributed by atoms with Gasteiger partial charge in [0.2, 0.25) is 5.91 Å². The third kappa shape index (κ3) is 6.01. The number of aliphatic hydroxyl groups excluding tert-OH is 1. The van der Waals surface area contributed by atoms with E-state index < -0.39 is 0 Å². The van der Waals surface area contributed by atoms with Crippen LogP contribution in [0.25, 0.3) is 0 Å². The van der Waals surface area contributed by atoms with Crippen LogP contribution in [0.4, 0.5) is 0 Å². The average molecular weight is 375 g/mol. The summed E-state index contributed by atoms with van der Waals surface area (Å²) in [6, 6.07) is 10.9. The summed E-state index contributed by atoms with van der Waals surface area (Å²) in [5, 5.41) is 9.60. The first-order valence-corrected chi connectivity index (χ1v) is 10.2. The van der Waals surface area contributed by atoms with Crippen LogP contribution in [0.2, 0.25) is 0 Å². The Bertz CT molecular complexity index is 587. The number of carbonyl (C=O) groups is 1. The second kappa shape index (κ2) is 9.64. The first-order chi connectivity index (χ1) is 13.0. The molecule has 0 aromatic heterocycles. The molecule has 3 rings (SSSR count). The molecule has 0 radical (unpaired) electrons. The highest BCUT2D eigenvalue weighted by Gasteiger charge is 2.28. The summed E-state index contributed by atoms with van der Waals surface area (Å²) in [5.74, 6) is 0.255. The van der Waals surface area contributed by atoms with Crippen molar-refractivity contribution in [3.05, 3.63) is 35.9 Å². The number of nitrogens with zero attached hydrogens (tertiary/aromatic N) is 4. The molecule has 1 N–H and O–H groups in total. The fourth-order valence-electron chi connectivity index (χ4n) is 4.11. The van der Waals surface area contributed by atoms with Crippen LogP contribution in [0.1, 0.15) is 19.4 Å². The van der Waals surface area contributed by atoms with Crippen molar-refractivity contribution < 1.29 is 9.90 Å². The Morgan fingerprint density at radius 2 is 1.74 bits per heavy atom. The van der Waals surface area contributed by atoms with E-state index in [0.717, 1.165) is 52.4 Å². The maximum atomic E-state index is 12.7. The number of amides is 1. The molecule has 2 aliphatic heterocycles. The van der Waals surface area contributed by atoms with Crippen molar-refractivity contribution in [3.63, 3.8) is 0 Å². The Kier molecular flexibility index (Phi) is 7.24. The number of aliphatic hydroxyl groups is 1. The first-order valence-electron chi connectivity index (χ1n) is 10.2. The fourth-order valence-corrected chi connectivity index (χ4v) is 4.11. The van der Waals surface area contributed by atoms with Crippen LogP contribution >= 0.6 is 0 Å². The largest absolute Gasteiger partial charge is 0.392 e. The summed E-state index contributed by atoms with van der Waals surface area (Å²) in [6.07, 6.45) is -0.298. The van der Waals surface area contributed by atoms with Gasteiger partial charge in [-0.25, -0.2) is 0 Å². The van der Waals surface area contributed by atoms with E-state index in [1.807, 2.05) is 17.9 Å². The van der Waals surface area contributed by atoms with Gasteiger partial charge in [0.1, 0.15) is 0 Å². The van der Waals surface area contributed by atoms with Crippen molar-refractivity contribution in [1.29, 1.82) is 0 Å². The molecule has 150 valence electrons. The van der Waals surface area contributed by atoms with Gasteiger partial charge >= 0.3 is 0 Å². The van der Waals surface area contributed by atoms with Crippen molar-refractivity contribution in [2.24, 2.45) is 0 Å². The first kappa shape index (κ1) is 20.3. The van der Waals surface area contributed by atoms with Gasteiger partial charge in [-0.05, 0) is 19.4 Å². The summed E-state index contributed by atoms with van der Waals surface area (Å²) in [5.41, 5.74) is 1.33. The maximum Gasteiger partial charge on any atom is 0.236 e. The number of hydrogen-bond acceptors (Lipinski definition) is 5. The van der Waals surface area contributed by atoms with Crippen molar-refractivity contribution in [2.75, 3.05) is 58.9 Å². The van der Waals surface area contributed by atoms with E-state index in [0.29, 0.717) is 19.1 Å². The minimum absolute atomic E-state index is 0.255. The predicted octanol–water partition coefficient (Wildman–Crippen LogP) is 0.718. The molecule has 2 unspecified atom stereocenters. The topological polar surface area (TPSA) is 50.3 Å². The zero-order valence-electron chi connectivity index (χ0n) is 16.8. The number of hydrogen-bond donors (Lipinski definition) is 1. The van der Waals surface area contributed by atoms with Crippen LogP contribution in [-0.4, -0.2) is 102 Å². The normalized spacial score (nSPS) is 24.1. The summed E-state index contributed by atoms with van der Waals surface area (Å²) >= 11 is 0. The van der Waals surface area contributed by atoms with E-state index in [1.54, 1.807) is 0 Å². The Balaban J connectivity index is 1.40. The van der Waals surface area contributed by atoms with Crippen LogP contribution in [0.3, 0.4) is 0 Å². The quantitative estimate of drug-likeness (QED) is 0.795. The van der Waals surface area contributed by atoms with Gasteiger partial charge in [0.15, 0.2) is 0 Å². The lowest BCUT2D eigenvalue weighted by atomic mass is 10.1. The molecule has 0 bridgehead atoms. The summed E-state index contributed by atoms with van der Waals surface area (Å²) < 4.78 is 0. The Morgan fingerprint density at radius 1 is 1.07 bits per heavy atom. The van der Waals surface area contributed by atoms with E-state index in [9.17, 15) is 9.90 Å². The second-order valence-corrected chi connectivity index (χ2v) is 8.07. The third-order valence-electron chi connectivity index (χ3n) is 5.68. The highest BCUT2D eigenvalue weighted by molar-refractivity contribution is 5.78. The van der Waals surface area contributed by atoms with Gasteiger partial charge in [-0.3, -0.25) is 19.5 Å². The number of benzene rings is 1. The van der Waals surface area contributed by atoms with Gasteiger partial charge in [0.25, 0.3) is 0 Å². The molecular weight excluding hydrogens is 340 g/mol. The van der Waals surface area contributed by atoms with Gasteiger partial charge in [0.05, 0.1) is 12.6 Å². The standard InChI is InChI=1S/C21H34N4O2/c1-18-14-23(10-13-25(18)15-19(2)26)17-21(27)24-11-8-22(9-12-24)16-20-6-4-3-5-7-20/h3-7,18-19,26H,8-17H2,1-2H3. The van der Waals surface area contributed by atoms with Gasteiger partial charge < -0.3 is 10.0 Å². The van der Waals surface area contributed by atoms with Crippen molar-refractivity contribution in [3.8, 4) is 0 Å².